The molecule has 0 amide bonds. The Bertz CT molecular complexity index is 247. The number of aryl methyl sites for hydroxylation is 1. The van der Waals surface area contributed by atoms with E-state index < -0.39 is 0 Å². The summed E-state index contributed by atoms with van der Waals surface area (Å²) in [5.41, 5.74) is 1.28. The van der Waals surface area contributed by atoms with E-state index in [-0.39, 0.29) is 11.9 Å². The maximum absolute atomic E-state index is 8.87. The Morgan fingerprint density at radius 2 is 2.08 bits per heavy atom. The van der Waals surface area contributed by atoms with Crippen molar-refractivity contribution in [3.05, 3.63) is 29.8 Å². The zero-order valence-corrected chi connectivity index (χ0v) is 8.27. The molecule has 0 saturated heterocycles. The third-order valence-electron chi connectivity index (χ3n) is 1.68. The van der Waals surface area contributed by atoms with Gasteiger partial charge in [0, 0.05) is 10.1 Å². The molecule has 0 aliphatic rings. The van der Waals surface area contributed by atoms with Crippen LogP contribution >= 0.6 is 11.8 Å². The quantitative estimate of drug-likeness (QED) is 0.725. The number of thioether (sulfide) groups is 1. The van der Waals surface area contributed by atoms with Crippen molar-refractivity contribution in [1.82, 2.24) is 0 Å². The third-order valence-corrected chi connectivity index (χ3v) is 2.94. The standard InChI is InChI=1S/C10H14OS/c1-8-5-3-4-6-10(8)12-9(2)7-11/h3-6,9,11H,7H2,1-2H3. The van der Waals surface area contributed by atoms with Crippen LogP contribution in [0.5, 0.6) is 0 Å². The first kappa shape index (κ1) is 9.62. The highest BCUT2D eigenvalue weighted by Crippen LogP contribution is 2.25. The van der Waals surface area contributed by atoms with Gasteiger partial charge in [0.1, 0.15) is 0 Å². The Hall–Kier alpha value is -0.470. The first-order valence-corrected chi connectivity index (χ1v) is 4.95. The van der Waals surface area contributed by atoms with Crippen LogP contribution in [0.2, 0.25) is 0 Å². The topological polar surface area (TPSA) is 20.2 Å². The zero-order valence-electron chi connectivity index (χ0n) is 7.45. The normalized spacial score (nSPS) is 12.9. The number of hydrogen-bond acceptors (Lipinski definition) is 2. The number of aliphatic hydroxyl groups is 1. The molecule has 0 radical (unpaired) electrons. The van der Waals surface area contributed by atoms with Crippen molar-refractivity contribution in [2.75, 3.05) is 6.61 Å². The lowest BCUT2D eigenvalue weighted by Crippen LogP contribution is -2.01. The number of aliphatic hydroxyl groups excluding tert-OH is 1. The summed E-state index contributed by atoms with van der Waals surface area (Å²) in [5, 5.41) is 9.15. The number of rotatable bonds is 3. The zero-order chi connectivity index (χ0) is 8.97. The van der Waals surface area contributed by atoms with Crippen molar-refractivity contribution in [3.63, 3.8) is 0 Å². The van der Waals surface area contributed by atoms with Crippen LogP contribution in [0.25, 0.3) is 0 Å². The first-order valence-electron chi connectivity index (χ1n) is 4.07. The van der Waals surface area contributed by atoms with Gasteiger partial charge in [-0.3, -0.25) is 0 Å². The van der Waals surface area contributed by atoms with Crippen LogP contribution in [0.1, 0.15) is 12.5 Å². The van der Waals surface area contributed by atoms with Crippen molar-refractivity contribution in [3.8, 4) is 0 Å². The Morgan fingerprint density at radius 3 is 2.67 bits per heavy atom. The molecule has 0 bridgehead atoms. The summed E-state index contributed by atoms with van der Waals surface area (Å²) in [6.07, 6.45) is 0. The fraction of sp³-hybridized carbons (Fsp3) is 0.400. The van der Waals surface area contributed by atoms with E-state index >= 15 is 0 Å². The summed E-state index contributed by atoms with van der Waals surface area (Å²) >= 11 is 1.72. The highest BCUT2D eigenvalue weighted by Gasteiger charge is 2.03. The van der Waals surface area contributed by atoms with Gasteiger partial charge in [0.15, 0.2) is 0 Å². The molecule has 0 aliphatic heterocycles. The van der Waals surface area contributed by atoms with Crippen LogP contribution < -0.4 is 0 Å². The summed E-state index contributed by atoms with van der Waals surface area (Å²) in [6.45, 7) is 4.35. The number of benzene rings is 1. The van der Waals surface area contributed by atoms with Crippen LogP contribution in [-0.4, -0.2) is 17.0 Å². The van der Waals surface area contributed by atoms with Crippen molar-refractivity contribution in [2.24, 2.45) is 0 Å². The Labute approximate surface area is 77.8 Å². The molecule has 66 valence electrons. The fourth-order valence-electron chi connectivity index (χ4n) is 0.943. The second-order valence-electron chi connectivity index (χ2n) is 2.88. The molecule has 0 aliphatic carbocycles. The van der Waals surface area contributed by atoms with Gasteiger partial charge in [0.2, 0.25) is 0 Å². The van der Waals surface area contributed by atoms with Crippen LogP contribution in [0, 0.1) is 6.92 Å². The Balaban J connectivity index is 2.69. The molecule has 0 spiro atoms. The van der Waals surface area contributed by atoms with E-state index in [1.54, 1.807) is 11.8 Å². The van der Waals surface area contributed by atoms with Crippen molar-refractivity contribution in [1.29, 1.82) is 0 Å². The summed E-state index contributed by atoms with van der Waals surface area (Å²) < 4.78 is 0. The van der Waals surface area contributed by atoms with Gasteiger partial charge < -0.3 is 5.11 Å². The monoisotopic (exact) mass is 182 g/mol. The molecular weight excluding hydrogens is 168 g/mol. The van der Waals surface area contributed by atoms with Gasteiger partial charge in [0.05, 0.1) is 6.61 Å². The molecule has 1 rings (SSSR count). The van der Waals surface area contributed by atoms with Gasteiger partial charge >= 0.3 is 0 Å². The van der Waals surface area contributed by atoms with Crippen molar-refractivity contribution >= 4 is 11.8 Å². The van der Waals surface area contributed by atoms with Crippen LogP contribution in [-0.2, 0) is 0 Å². The van der Waals surface area contributed by atoms with Crippen molar-refractivity contribution < 1.29 is 5.11 Å². The minimum Gasteiger partial charge on any atom is -0.395 e. The van der Waals surface area contributed by atoms with E-state index in [0.717, 1.165) is 0 Å². The minimum atomic E-state index is 0.235. The predicted molar refractivity (Wildman–Crippen MR) is 53.6 cm³/mol. The van der Waals surface area contributed by atoms with Gasteiger partial charge in [0.25, 0.3) is 0 Å². The predicted octanol–water partition coefficient (Wildman–Crippen LogP) is 2.47. The average Bonchev–Trinajstić information content (AvgIpc) is 2.09. The molecular formula is C10H14OS. The summed E-state index contributed by atoms with van der Waals surface area (Å²) in [6, 6.07) is 8.24. The lowest BCUT2D eigenvalue weighted by atomic mass is 10.2. The summed E-state index contributed by atoms with van der Waals surface area (Å²) in [4.78, 5) is 1.26. The lowest BCUT2D eigenvalue weighted by Gasteiger charge is -2.09. The lowest BCUT2D eigenvalue weighted by molar-refractivity contribution is 0.300. The van der Waals surface area contributed by atoms with Gasteiger partial charge in [-0.25, -0.2) is 0 Å². The fourth-order valence-corrected chi connectivity index (χ4v) is 1.86. The third kappa shape index (κ3) is 2.54. The minimum absolute atomic E-state index is 0.235. The maximum Gasteiger partial charge on any atom is 0.0550 e. The average molecular weight is 182 g/mol. The maximum atomic E-state index is 8.87. The van der Waals surface area contributed by atoms with E-state index in [1.807, 2.05) is 19.1 Å². The van der Waals surface area contributed by atoms with Crippen LogP contribution in [0.15, 0.2) is 29.2 Å². The molecule has 1 N–H and O–H groups in total. The van der Waals surface area contributed by atoms with Crippen LogP contribution in [0.4, 0.5) is 0 Å². The second kappa shape index (κ2) is 4.53. The van der Waals surface area contributed by atoms with Gasteiger partial charge in [-0.1, -0.05) is 25.1 Å². The highest BCUT2D eigenvalue weighted by molar-refractivity contribution is 8.00. The van der Waals surface area contributed by atoms with Gasteiger partial charge in [-0.15, -0.1) is 11.8 Å². The highest BCUT2D eigenvalue weighted by atomic mass is 32.2. The largest absolute Gasteiger partial charge is 0.395 e. The molecule has 1 aromatic rings. The van der Waals surface area contributed by atoms with E-state index in [4.69, 9.17) is 5.11 Å². The van der Waals surface area contributed by atoms with Gasteiger partial charge in [-0.05, 0) is 18.6 Å². The smallest absolute Gasteiger partial charge is 0.0550 e. The van der Waals surface area contributed by atoms with E-state index in [2.05, 4.69) is 19.1 Å². The molecule has 1 nitrogen and oxygen atoms in total. The van der Waals surface area contributed by atoms with E-state index in [1.165, 1.54) is 10.5 Å². The summed E-state index contributed by atoms with van der Waals surface area (Å²) in [5.74, 6) is 0. The second-order valence-corrected chi connectivity index (χ2v) is 4.36. The molecule has 0 heterocycles. The van der Waals surface area contributed by atoms with E-state index in [0.29, 0.717) is 0 Å². The van der Waals surface area contributed by atoms with E-state index in [9.17, 15) is 0 Å². The van der Waals surface area contributed by atoms with Crippen LogP contribution in [0.3, 0.4) is 0 Å². The SMILES string of the molecule is Cc1ccccc1SC(C)CO. The molecule has 1 aromatic carbocycles. The molecule has 0 saturated carbocycles. The molecule has 1 atom stereocenters. The first-order chi connectivity index (χ1) is 5.74. The molecule has 2 heteroatoms. The molecule has 0 fully saturated rings. The molecule has 0 aromatic heterocycles. The molecule has 12 heavy (non-hydrogen) atoms. The number of hydrogen-bond donors (Lipinski definition) is 1. The Morgan fingerprint density at radius 1 is 1.42 bits per heavy atom. The summed E-state index contributed by atoms with van der Waals surface area (Å²) in [7, 11) is 0. The molecule has 1 unspecified atom stereocenters. The Kier molecular flexibility index (Phi) is 3.63. The van der Waals surface area contributed by atoms with Crippen molar-refractivity contribution in [2.45, 2.75) is 24.0 Å². The van der Waals surface area contributed by atoms with Gasteiger partial charge in [-0.2, -0.15) is 0 Å².